The quantitative estimate of drug-likeness (QED) is 0.505. The highest BCUT2D eigenvalue weighted by atomic mass is 19.3. The van der Waals surface area contributed by atoms with Crippen LogP contribution < -0.4 is 0 Å². The minimum Gasteiger partial charge on any atom is -0.297 e. The lowest BCUT2D eigenvalue weighted by molar-refractivity contribution is -0.0224. The summed E-state index contributed by atoms with van der Waals surface area (Å²) < 4.78 is 25.6. The van der Waals surface area contributed by atoms with Gasteiger partial charge in [-0.3, -0.25) is 4.90 Å². The molecule has 0 N–H and O–H groups in total. The summed E-state index contributed by atoms with van der Waals surface area (Å²) >= 11 is 0. The fourth-order valence-corrected chi connectivity index (χ4v) is 1.36. The lowest BCUT2D eigenvalue weighted by Gasteiger charge is -2.16. The van der Waals surface area contributed by atoms with Gasteiger partial charge in [0.2, 0.25) is 0 Å². The van der Waals surface area contributed by atoms with Crippen molar-refractivity contribution < 1.29 is 8.78 Å². The summed E-state index contributed by atoms with van der Waals surface area (Å²) in [4.78, 5) is 1.70. The first-order valence-electron chi connectivity index (χ1n) is 3.53. The fraction of sp³-hybridized carbons (Fsp3) is 1.00. The van der Waals surface area contributed by atoms with Crippen molar-refractivity contribution in [1.29, 1.82) is 0 Å². The van der Waals surface area contributed by atoms with Crippen molar-refractivity contribution in [1.82, 2.24) is 4.90 Å². The van der Waals surface area contributed by atoms with Gasteiger partial charge in [0.25, 0.3) is 5.92 Å². The predicted octanol–water partition coefficient (Wildman–Crippen LogP) is 1.59. The molecule has 1 aliphatic rings. The molecule has 0 saturated carbocycles. The van der Waals surface area contributed by atoms with Gasteiger partial charge in [-0.2, -0.15) is 0 Å². The Labute approximate surface area is 60.0 Å². The van der Waals surface area contributed by atoms with Crippen molar-refractivity contribution in [3.63, 3.8) is 0 Å². The van der Waals surface area contributed by atoms with Gasteiger partial charge in [-0.25, -0.2) is 8.78 Å². The maximum Gasteiger partial charge on any atom is 0.264 e. The van der Waals surface area contributed by atoms with E-state index in [1.54, 1.807) is 18.9 Å². The average Bonchev–Trinajstić information content (AvgIpc) is 1.95. The Balaban J connectivity index is 2.71. The average molecular weight is 149 g/mol. The summed E-state index contributed by atoms with van der Waals surface area (Å²) in [7, 11) is 1.74. The third-order valence-electron chi connectivity index (χ3n) is 2.55. The second-order valence-electron chi connectivity index (χ2n) is 3.21. The molecule has 0 radical (unpaired) electrons. The molecule has 2 atom stereocenters. The zero-order chi connectivity index (χ0) is 7.94. The van der Waals surface area contributed by atoms with Gasteiger partial charge in [-0.05, 0) is 14.0 Å². The van der Waals surface area contributed by atoms with Gasteiger partial charge < -0.3 is 0 Å². The minimum absolute atomic E-state index is 0.00926. The Morgan fingerprint density at radius 1 is 1.40 bits per heavy atom. The van der Waals surface area contributed by atoms with Crippen LogP contribution in [0.25, 0.3) is 0 Å². The number of likely N-dealkylation sites (tertiary alicyclic amines) is 1. The molecule has 60 valence electrons. The summed E-state index contributed by atoms with van der Waals surface area (Å²) in [6.07, 6.45) is 0. The predicted molar refractivity (Wildman–Crippen MR) is 36.2 cm³/mol. The van der Waals surface area contributed by atoms with E-state index in [1.165, 1.54) is 0 Å². The second kappa shape index (κ2) is 2.16. The largest absolute Gasteiger partial charge is 0.297 e. The molecular formula is C7H13F2N. The highest BCUT2D eigenvalue weighted by molar-refractivity contribution is 4.92. The normalized spacial score (nSPS) is 40.5. The highest BCUT2D eigenvalue weighted by Gasteiger charge is 2.48. The van der Waals surface area contributed by atoms with Crippen LogP contribution in [0.4, 0.5) is 8.78 Å². The first-order valence-corrected chi connectivity index (χ1v) is 3.53. The first kappa shape index (κ1) is 7.92. The molecule has 1 fully saturated rings. The van der Waals surface area contributed by atoms with E-state index < -0.39 is 11.8 Å². The topological polar surface area (TPSA) is 3.24 Å². The molecule has 0 aromatic heterocycles. The van der Waals surface area contributed by atoms with Gasteiger partial charge in [-0.1, -0.05) is 6.92 Å². The molecule has 10 heavy (non-hydrogen) atoms. The summed E-state index contributed by atoms with van der Waals surface area (Å²) in [5.74, 6) is -2.98. The fourth-order valence-electron chi connectivity index (χ4n) is 1.36. The van der Waals surface area contributed by atoms with Gasteiger partial charge in [-0.15, -0.1) is 0 Å². The van der Waals surface area contributed by atoms with Gasteiger partial charge in [0, 0.05) is 12.0 Å². The van der Waals surface area contributed by atoms with Crippen LogP contribution in [-0.4, -0.2) is 30.5 Å². The summed E-state index contributed by atoms with van der Waals surface area (Å²) in [5, 5.41) is 0. The monoisotopic (exact) mass is 149 g/mol. The van der Waals surface area contributed by atoms with E-state index in [0.717, 1.165) is 0 Å². The summed E-state index contributed by atoms with van der Waals surface area (Å²) in [6.45, 7) is 3.36. The molecule has 1 nitrogen and oxygen atoms in total. The molecule has 2 unspecified atom stereocenters. The summed E-state index contributed by atoms with van der Waals surface area (Å²) in [5.41, 5.74) is 0. The van der Waals surface area contributed by atoms with Crippen molar-refractivity contribution in [3.8, 4) is 0 Å². The Morgan fingerprint density at radius 2 is 1.90 bits per heavy atom. The Hall–Kier alpha value is -0.180. The third-order valence-corrected chi connectivity index (χ3v) is 2.55. The smallest absolute Gasteiger partial charge is 0.264 e. The third kappa shape index (κ3) is 1.03. The summed E-state index contributed by atoms with van der Waals surface area (Å²) in [6, 6.07) is 0.00926. The number of rotatable bonds is 0. The standard InChI is InChI=1S/C7H13F2N/c1-5-6(2)10(3)4-7(5,8)9/h5-6H,4H2,1-3H3. The first-order chi connectivity index (χ1) is 4.45. The van der Waals surface area contributed by atoms with Crippen LogP contribution >= 0.6 is 0 Å². The van der Waals surface area contributed by atoms with E-state index >= 15 is 0 Å². The SMILES string of the molecule is CC1C(C)C(F)(F)CN1C. The molecule has 0 bridgehead atoms. The molecule has 0 spiro atoms. The molecule has 0 aliphatic carbocycles. The molecule has 1 aliphatic heterocycles. The molecule has 1 heterocycles. The van der Waals surface area contributed by atoms with Crippen molar-refractivity contribution in [3.05, 3.63) is 0 Å². The van der Waals surface area contributed by atoms with Gasteiger partial charge in [0.1, 0.15) is 0 Å². The Kier molecular flexibility index (Phi) is 1.71. The highest BCUT2D eigenvalue weighted by Crippen LogP contribution is 2.35. The van der Waals surface area contributed by atoms with Crippen molar-refractivity contribution in [2.45, 2.75) is 25.8 Å². The van der Waals surface area contributed by atoms with E-state index in [1.807, 2.05) is 6.92 Å². The van der Waals surface area contributed by atoms with Crippen molar-refractivity contribution in [2.75, 3.05) is 13.6 Å². The maximum atomic E-state index is 12.8. The molecule has 1 rings (SSSR count). The van der Waals surface area contributed by atoms with Crippen LogP contribution in [0.2, 0.25) is 0 Å². The Morgan fingerprint density at radius 3 is 2.00 bits per heavy atom. The van der Waals surface area contributed by atoms with Crippen LogP contribution in [0.5, 0.6) is 0 Å². The van der Waals surface area contributed by atoms with Crippen LogP contribution in [-0.2, 0) is 0 Å². The van der Waals surface area contributed by atoms with E-state index in [2.05, 4.69) is 0 Å². The van der Waals surface area contributed by atoms with E-state index in [-0.39, 0.29) is 12.6 Å². The molecule has 0 amide bonds. The number of halogens is 2. The van der Waals surface area contributed by atoms with Gasteiger partial charge in [0.05, 0.1) is 6.54 Å². The lowest BCUT2D eigenvalue weighted by Crippen LogP contribution is -2.26. The van der Waals surface area contributed by atoms with E-state index in [0.29, 0.717) is 0 Å². The van der Waals surface area contributed by atoms with Crippen LogP contribution in [0.1, 0.15) is 13.8 Å². The van der Waals surface area contributed by atoms with Gasteiger partial charge >= 0.3 is 0 Å². The minimum atomic E-state index is -2.48. The van der Waals surface area contributed by atoms with Crippen LogP contribution in [0.15, 0.2) is 0 Å². The lowest BCUT2D eigenvalue weighted by atomic mass is 10.0. The van der Waals surface area contributed by atoms with Crippen LogP contribution in [0, 0.1) is 5.92 Å². The number of alkyl halides is 2. The van der Waals surface area contributed by atoms with E-state index in [4.69, 9.17) is 0 Å². The number of hydrogen-bond donors (Lipinski definition) is 0. The zero-order valence-corrected chi connectivity index (χ0v) is 6.56. The molecule has 1 saturated heterocycles. The van der Waals surface area contributed by atoms with Crippen molar-refractivity contribution >= 4 is 0 Å². The second-order valence-corrected chi connectivity index (χ2v) is 3.21. The molecule has 0 aromatic carbocycles. The van der Waals surface area contributed by atoms with E-state index in [9.17, 15) is 8.78 Å². The van der Waals surface area contributed by atoms with Crippen LogP contribution in [0.3, 0.4) is 0 Å². The number of nitrogens with zero attached hydrogens (tertiary/aromatic N) is 1. The maximum absolute atomic E-state index is 12.8. The molecule has 0 aromatic rings. The molecule has 3 heteroatoms. The Bertz CT molecular complexity index is 136. The molecular weight excluding hydrogens is 136 g/mol. The van der Waals surface area contributed by atoms with Crippen molar-refractivity contribution in [2.24, 2.45) is 5.92 Å². The zero-order valence-electron chi connectivity index (χ0n) is 6.56. The number of hydrogen-bond acceptors (Lipinski definition) is 1. The van der Waals surface area contributed by atoms with Gasteiger partial charge in [0.15, 0.2) is 0 Å².